The lowest BCUT2D eigenvalue weighted by atomic mass is 10.1. The number of aromatic carboxylic acids is 1. The first-order valence-corrected chi connectivity index (χ1v) is 8.42. The highest BCUT2D eigenvalue weighted by atomic mass is 16.5. The molecule has 144 valence electrons. The first-order chi connectivity index (χ1) is 13.5. The number of hydrogen-bond donors (Lipinski definition) is 2. The summed E-state index contributed by atoms with van der Waals surface area (Å²) >= 11 is 0. The van der Waals surface area contributed by atoms with Crippen LogP contribution in [0.1, 0.15) is 21.5 Å². The second kappa shape index (κ2) is 9.78. The molecule has 0 aromatic heterocycles. The van der Waals surface area contributed by atoms with Gasteiger partial charge in [-0.1, -0.05) is 18.2 Å². The number of methoxy groups -OCH3 is 2. The third-order valence-electron chi connectivity index (χ3n) is 3.98. The lowest BCUT2D eigenvalue weighted by Crippen LogP contribution is -2.26. The number of amides is 1. The highest BCUT2D eigenvalue weighted by molar-refractivity contribution is 6.01. The molecule has 0 saturated carbocycles. The van der Waals surface area contributed by atoms with Crippen molar-refractivity contribution >= 4 is 18.0 Å². The Labute approximate surface area is 162 Å². The quantitative estimate of drug-likeness (QED) is 0.538. The Morgan fingerprint density at radius 2 is 1.79 bits per heavy atom. The molecule has 0 aliphatic carbocycles. The van der Waals surface area contributed by atoms with Crippen molar-refractivity contribution in [2.45, 2.75) is 6.42 Å². The largest absolute Gasteiger partial charge is 0.493 e. The Bertz CT molecular complexity index is 927. The predicted molar refractivity (Wildman–Crippen MR) is 103 cm³/mol. The van der Waals surface area contributed by atoms with Crippen LogP contribution in [0.25, 0.3) is 6.08 Å². The van der Waals surface area contributed by atoms with Gasteiger partial charge in [0.25, 0.3) is 5.91 Å². The van der Waals surface area contributed by atoms with E-state index in [1.165, 1.54) is 30.3 Å². The molecule has 0 bridgehead atoms. The fraction of sp³-hybridized carbons (Fsp3) is 0.190. The van der Waals surface area contributed by atoms with Crippen LogP contribution >= 0.6 is 0 Å². The van der Waals surface area contributed by atoms with E-state index in [0.717, 1.165) is 5.56 Å². The van der Waals surface area contributed by atoms with Gasteiger partial charge in [0.2, 0.25) is 0 Å². The van der Waals surface area contributed by atoms with E-state index in [-0.39, 0.29) is 11.1 Å². The molecule has 0 atom stereocenters. The summed E-state index contributed by atoms with van der Waals surface area (Å²) in [6, 6.07) is 13.3. The Hall–Kier alpha value is -3.79. The zero-order valence-electron chi connectivity index (χ0n) is 15.6. The third-order valence-corrected chi connectivity index (χ3v) is 3.98. The normalized spacial score (nSPS) is 10.7. The van der Waals surface area contributed by atoms with Crippen molar-refractivity contribution in [3.63, 3.8) is 0 Å². The second-order valence-electron chi connectivity index (χ2n) is 5.79. The van der Waals surface area contributed by atoms with Crippen molar-refractivity contribution in [2.24, 2.45) is 0 Å². The summed E-state index contributed by atoms with van der Waals surface area (Å²) in [7, 11) is 3.11. The lowest BCUT2D eigenvalue weighted by molar-refractivity contribution is -0.117. The number of nitriles is 1. The molecule has 7 heteroatoms. The zero-order chi connectivity index (χ0) is 20.5. The Kier molecular flexibility index (Phi) is 7.17. The van der Waals surface area contributed by atoms with Crippen LogP contribution in [0, 0.1) is 11.3 Å². The number of carboxylic acid groups (broad SMARTS) is 1. The fourth-order valence-corrected chi connectivity index (χ4v) is 2.49. The molecule has 0 saturated heterocycles. The number of nitrogens with zero attached hydrogens (tertiary/aromatic N) is 1. The van der Waals surface area contributed by atoms with Gasteiger partial charge in [-0.25, -0.2) is 4.79 Å². The molecule has 0 aliphatic rings. The van der Waals surface area contributed by atoms with Gasteiger partial charge in [-0.2, -0.15) is 5.26 Å². The number of carbonyl (C=O) groups excluding carboxylic acids is 1. The van der Waals surface area contributed by atoms with Crippen molar-refractivity contribution in [2.75, 3.05) is 20.8 Å². The van der Waals surface area contributed by atoms with Crippen LogP contribution in [0.3, 0.4) is 0 Å². The lowest BCUT2D eigenvalue weighted by Gasteiger charge is -2.10. The van der Waals surface area contributed by atoms with Crippen LogP contribution in [0.5, 0.6) is 11.5 Å². The molecule has 0 unspecified atom stereocenters. The van der Waals surface area contributed by atoms with E-state index in [2.05, 4.69) is 5.32 Å². The van der Waals surface area contributed by atoms with Crippen LogP contribution < -0.4 is 14.8 Å². The van der Waals surface area contributed by atoms with Crippen molar-refractivity contribution in [3.05, 3.63) is 64.7 Å². The number of benzene rings is 2. The van der Waals surface area contributed by atoms with Gasteiger partial charge in [-0.05, 0) is 47.9 Å². The van der Waals surface area contributed by atoms with Gasteiger partial charge in [0.15, 0.2) is 11.5 Å². The molecule has 7 nitrogen and oxygen atoms in total. The summed E-state index contributed by atoms with van der Waals surface area (Å²) in [4.78, 5) is 23.1. The summed E-state index contributed by atoms with van der Waals surface area (Å²) in [6.45, 7) is 0.339. The summed E-state index contributed by atoms with van der Waals surface area (Å²) in [5.74, 6) is -0.304. The van der Waals surface area contributed by atoms with Gasteiger partial charge in [0, 0.05) is 6.54 Å². The molecule has 1 amide bonds. The van der Waals surface area contributed by atoms with Crippen LogP contribution in [-0.4, -0.2) is 37.7 Å². The summed E-state index contributed by atoms with van der Waals surface area (Å²) in [6.07, 6.45) is 1.97. The highest BCUT2D eigenvalue weighted by Crippen LogP contribution is 2.27. The molecular formula is C21H20N2O5. The minimum Gasteiger partial charge on any atom is -0.493 e. The Morgan fingerprint density at radius 3 is 2.36 bits per heavy atom. The summed E-state index contributed by atoms with van der Waals surface area (Å²) < 4.78 is 10.4. The van der Waals surface area contributed by atoms with Crippen LogP contribution in [-0.2, 0) is 11.2 Å². The van der Waals surface area contributed by atoms with E-state index in [0.29, 0.717) is 30.0 Å². The predicted octanol–water partition coefficient (Wildman–Crippen LogP) is 2.67. The van der Waals surface area contributed by atoms with E-state index in [4.69, 9.17) is 14.6 Å². The smallest absolute Gasteiger partial charge is 0.335 e. The standard InChI is InChI=1S/C21H20N2O5/c1-27-18-8-5-15(12-19(18)28-2)9-10-23-20(24)17(13-22)11-14-3-6-16(7-4-14)21(25)26/h3-8,11-12H,9-10H2,1-2H3,(H,23,24)(H,25,26). The molecule has 2 N–H and O–H groups in total. The first kappa shape index (κ1) is 20.5. The zero-order valence-corrected chi connectivity index (χ0v) is 15.6. The van der Waals surface area contributed by atoms with Crippen molar-refractivity contribution < 1.29 is 24.2 Å². The molecule has 0 fully saturated rings. The molecule has 2 rings (SSSR count). The number of nitrogens with one attached hydrogen (secondary N) is 1. The van der Waals surface area contributed by atoms with E-state index in [1.54, 1.807) is 20.3 Å². The number of ether oxygens (including phenoxy) is 2. The van der Waals surface area contributed by atoms with E-state index in [1.807, 2.05) is 18.2 Å². The summed E-state index contributed by atoms with van der Waals surface area (Å²) in [5, 5.41) is 20.8. The Balaban J connectivity index is 1.99. The fourth-order valence-electron chi connectivity index (χ4n) is 2.49. The average molecular weight is 380 g/mol. The monoisotopic (exact) mass is 380 g/mol. The average Bonchev–Trinajstić information content (AvgIpc) is 2.71. The van der Waals surface area contributed by atoms with E-state index < -0.39 is 11.9 Å². The summed E-state index contributed by atoms with van der Waals surface area (Å²) in [5.41, 5.74) is 1.59. The van der Waals surface area contributed by atoms with Gasteiger partial charge in [0.05, 0.1) is 19.8 Å². The third kappa shape index (κ3) is 5.35. The van der Waals surface area contributed by atoms with Gasteiger partial charge in [0.1, 0.15) is 11.6 Å². The SMILES string of the molecule is COc1ccc(CCNC(=O)C(C#N)=Cc2ccc(C(=O)O)cc2)cc1OC. The molecule has 0 aliphatic heterocycles. The molecule has 2 aromatic carbocycles. The molecule has 0 heterocycles. The maximum atomic E-state index is 12.2. The topological polar surface area (TPSA) is 109 Å². The number of rotatable bonds is 8. The Morgan fingerprint density at radius 1 is 1.11 bits per heavy atom. The van der Waals surface area contributed by atoms with Crippen LogP contribution in [0.15, 0.2) is 48.0 Å². The van der Waals surface area contributed by atoms with Gasteiger partial charge < -0.3 is 19.9 Å². The first-order valence-electron chi connectivity index (χ1n) is 8.42. The molecule has 0 spiro atoms. The van der Waals surface area contributed by atoms with E-state index in [9.17, 15) is 14.9 Å². The van der Waals surface area contributed by atoms with Crippen molar-refractivity contribution in [1.82, 2.24) is 5.32 Å². The van der Waals surface area contributed by atoms with Crippen LogP contribution in [0.4, 0.5) is 0 Å². The van der Waals surface area contributed by atoms with Crippen LogP contribution in [0.2, 0.25) is 0 Å². The van der Waals surface area contributed by atoms with Gasteiger partial charge in [-0.15, -0.1) is 0 Å². The maximum Gasteiger partial charge on any atom is 0.335 e. The highest BCUT2D eigenvalue weighted by Gasteiger charge is 2.10. The van der Waals surface area contributed by atoms with E-state index >= 15 is 0 Å². The molecule has 28 heavy (non-hydrogen) atoms. The van der Waals surface area contributed by atoms with Crippen molar-refractivity contribution in [1.29, 1.82) is 5.26 Å². The second-order valence-corrected chi connectivity index (χ2v) is 5.79. The minimum absolute atomic E-state index is 0.0598. The number of carboxylic acids is 1. The number of hydrogen-bond acceptors (Lipinski definition) is 5. The maximum absolute atomic E-state index is 12.2. The van der Waals surface area contributed by atoms with Gasteiger partial charge >= 0.3 is 5.97 Å². The molecular weight excluding hydrogens is 360 g/mol. The van der Waals surface area contributed by atoms with Crippen molar-refractivity contribution in [3.8, 4) is 17.6 Å². The molecule has 0 radical (unpaired) electrons. The van der Waals surface area contributed by atoms with Gasteiger partial charge in [-0.3, -0.25) is 4.79 Å². The minimum atomic E-state index is -1.04. The molecule has 2 aromatic rings. The number of carbonyl (C=O) groups is 2.